The van der Waals surface area contributed by atoms with Crippen LogP contribution in [0.1, 0.15) is 40.3 Å². The van der Waals surface area contributed by atoms with E-state index in [1.807, 2.05) is 0 Å². The summed E-state index contributed by atoms with van der Waals surface area (Å²) in [5.41, 5.74) is -0.716. The van der Waals surface area contributed by atoms with Crippen LogP contribution >= 0.6 is 0 Å². The highest BCUT2D eigenvalue weighted by atomic mass is 19.4. The number of carboxylic acid groups (broad SMARTS) is 1. The largest absolute Gasteiger partial charge is 0.476 e. The van der Waals surface area contributed by atoms with Crippen molar-refractivity contribution in [2.75, 3.05) is 0 Å². The van der Waals surface area contributed by atoms with Gasteiger partial charge in [-0.1, -0.05) is 25.1 Å². The molecule has 1 aromatic carbocycles. The zero-order valence-electron chi connectivity index (χ0n) is 10.8. The number of rotatable bonds is 3. The molecule has 0 amide bonds. The number of carboxylic acids is 1. The van der Waals surface area contributed by atoms with Gasteiger partial charge in [-0.25, -0.2) is 9.78 Å². The van der Waals surface area contributed by atoms with E-state index in [2.05, 4.69) is 15.2 Å². The van der Waals surface area contributed by atoms with E-state index in [0.29, 0.717) is 5.56 Å². The number of carbonyl (C=O) groups is 1. The molecule has 0 spiro atoms. The Morgan fingerprint density at radius 3 is 2.52 bits per heavy atom. The van der Waals surface area contributed by atoms with Crippen molar-refractivity contribution >= 4 is 5.97 Å². The van der Waals surface area contributed by atoms with E-state index in [0.717, 1.165) is 18.3 Å². The monoisotopic (exact) mass is 297 g/mol. The van der Waals surface area contributed by atoms with Crippen molar-refractivity contribution in [1.29, 1.82) is 0 Å². The van der Waals surface area contributed by atoms with Gasteiger partial charge in [0.15, 0.2) is 11.5 Å². The molecule has 5 nitrogen and oxygen atoms in total. The van der Waals surface area contributed by atoms with Crippen LogP contribution in [0.25, 0.3) is 0 Å². The molecule has 1 N–H and O–H groups in total. The van der Waals surface area contributed by atoms with Crippen LogP contribution in [-0.4, -0.2) is 26.3 Å². The lowest BCUT2D eigenvalue weighted by Gasteiger charge is -2.13. The summed E-state index contributed by atoms with van der Waals surface area (Å²) >= 11 is 0. The zero-order chi connectivity index (χ0) is 15.6. The summed E-state index contributed by atoms with van der Waals surface area (Å²) in [6, 6.07) is 4.81. The van der Waals surface area contributed by atoms with Gasteiger partial charge in [-0.2, -0.15) is 13.2 Å². The van der Waals surface area contributed by atoms with Crippen LogP contribution in [0.4, 0.5) is 13.2 Å². The van der Waals surface area contributed by atoms with Crippen molar-refractivity contribution in [2.45, 2.75) is 19.0 Å². The molecule has 0 radical (unpaired) electrons. The third kappa shape index (κ3) is 3.33. The highest BCUT2D eigenvalue weighted by molar-refractivity contribution is 5.84. The van der Waals surface area contributed by atoms with Crippen molar-refractivity contribution < 1.29 is 23.1 Å². The average molecular weight is 297 g/mol. The molecule has 0 saturated carbocycles. The molecule has 0 aliphatic heterocycles. The number of aromatic carboxylic acids is 1. The molecule has 1 unspecified atom stereocenters. The third-order valence-electron chi connectivity index (χ3n) is 2.90. The molecule has 110 valence electrons. The molecule has 0 aliphatic rings. The van der Waals surface area contributed by atoms with E-state index >= 15 is 0 Å². The minimum atomic E-state index is -4.43. The maximum absolute atomic E-state index is 12.7. The van der Waals surface area contributed by atoms with E-state index in [1.54, 1.807) is 6.92 Å². The zero-order valence-corrected chi connectivity index (χ0v) is 10.8. The van der Waals surface area contributed by atoms with E-state index in [1.165, 1.54) is 12.1 Å². The Balaban J connectivity index is 2.31. The summed E-state index contributed by atoms with van der Waals surface area (Å²) < 4.78 is 38.0. The fourth-order valence-corrected chi connectivity index (χ4v) is 1.71. The van der Waals surface area contributed by atoms with Crippen molar-refractivity contribution in [3.05, 3.63) is 53.1 Å². The van der Waals surface area contributed by atoms with Gasteiger partial charge in [0.25, 0.3) is 0 Å². The van der Waals surface area contributed by atoms with Crippen LogP contribution in [0, 0.1) is 0 Å². The topological polar surface area (TPSA) is 76.0 Å². The van der Waals surface area contributed by atoms with Crippen LogP contribution in [0.2, 0.25) is 0 Å². The van der Waals surface area contributed by atoms with Crippen LogP contribution in [-0.2, 0) is 6.18 Å². The summed E-state index contributed by atoms with van der Waals surface area (Å²) in [6.45, 7) is 1.62. The standard InChI is InChI=1S/C13H10F3N3O2/c1-7(11-17-6-10(12(20)21)18-19-11)8-3-2-4-9(5-8)13(14,15)16/h2-7H,1H3,(H,20,21). The first-order valence-corrected chi connectivity index (χ1v) is 5.89. The Bertz CT molecular complexity index is 656. The molecule has 0 bridgehead atoms. The van der Waals surface area contributed by atoms with E-state index in [-0.39, 0.29) is 11.5 Å². The van der Waals surface area contributed by atoms with Gasteiger partial charge in [0.1, 0.15) is 0 Å². The summed E-state index contributed by atoms with van der Waals surface area (Å²) in [5, 5.41) is 15.8. The molecular weight excluding hydrogens is 287 g/mol. The minimum absolute atomic E-state index is 0.152. The molecule has 8 heteroatoms. The second-order valence-electron chi connectivity index (χ2n) is 4.35. The second kappa shape index (κ2) is 5.47. The maximum Gasteiger partial charge on any atom is 0.416 e. The smallest absolute Gasteiger partial charge is 0.416 e. The van der Waals surface area contributed by atoms with Crippen LogP contribution in [0.5, 0.6) is 0 Å². The second-order valence-corrected chi connectivity index (χ2v) is 4.35. The molecule has 1 atom stereocenters. The number of hydrogen-bond donors (Lipinski definition) is 1. The predicted molar refractivity (Wildman–Crippen MR) is 65.7 cm³/mol. The molecule has 2 rings (SSSR count). The maximum atomic E-state index is 12.7. The van der Waals surface area contributed by atoms with Crippen LogP contribution < -0.4 is 0 Å². The number of aromatic nitrogens is 3. The highest BCUT2D eigenvalue weighted by Crippen LogP contribution is 2.31. The molecule has 2 aromatic rings. The summed E-state index contributed by atoms with van der Waals surface area (Å²) in [5.74, 6) is -1.66. The van der Waals surface area contributed by atoms with Gasteiger partial charge in [0, 0.05) is 5.92 Å². The minimum Gasteiger partial charge on any atom is -0.476 e. The van der Waals surface area contributed by atoms with Gasteiger partial charge >= 0.3 is 12.1 Å². The quantitative estimate of drug-likeness (QED) is 0.942. The van der Waals surface area contributed by atoms with Crippen molar-refractivity contribution in [1.82, 2.24) is 15.2 Å². The van der Waals surface area contributed by atoms with E-state index < -0.39 is 23.6 Å². The van der Waals surface area contributed by atoms with E-state index in [9.17, 15) is 18.0 Å². The highest BCUT2D eigenvalue weighted by Gasteiger charge is 2.31. The van der Waals surface area contributed by atoms with Gasteiger partial charge < -0.3 is 5.11 Å². The first kappa shape index (κ1) is 14.9. The lowest BCUT2D eigenvalue weighted by Crippen LogP contribution is -2.10. The molecule has 1 aromatic heterocycles. The number of nitrogens with zero attached hydrogens (tertiary/aromatic N) is 3. The van der Waals surface area contributed by atoms with Gasteiger partial charge in [0.2, 0.25) is 0 Å². The Kier molecular flexibility index (Phi) is 3.88. The number of alkyl halides is 3. The van der Waals surface area contributed by atoms with E-state index in [4.69, 9.17) is 5.11 Å². The summed E-state index contributed by atoms with van der Waals surface area (Å²) in [6.07, 6.45) is -3.41. The van der Waals surface area contributed by atoms with Crippen molar-refractivity contribution in [2.24, 2.45) is 0 Å². The Morgan fingerprint density at radius 1 is 1.29 bits per heavy atom. The Hall–Kier alpha value is -2.51. The first-order chi connectivity index (χ1) is 9.79. The van der Waals surface area contributed by atoms with Crippen LogP contribution in [0.3, 0.4) is 0 Å². The van der Waals surface area contributed by atoms with Gasteiger partial charge in [-0.05, 0) is 11.6 Å². The van der Waals surface area contributed by atoms with Gasteiger partial charge in [-0.3, -0.25) is 0 Å². The fraction of sp³-hybridized carbons (Fsp3) is 0.231. The van der Waals surface area contributed by atoms with Crippen molar-refractivity contribution in [3.63, 3.8) is 0 Å². The van der Waals surface area contributed by atoms with Gasteiger partial charge in [-0.15, -0.1) is 10.2 Å². The summed E-state index contributed by atoms with van der Waals surface area (Å²) in [7, 11) is 0. The average Bonchev–Trinajstić information content (AvgIpc) is 2.46. The molecular formula is C13H10F3N3O2. The number of benzene rings is 1. The summed E-state index contributed by atoms with van der Waals surface area (Å²) in [4.78, 5) is 14.5. The Morgan fingerprint density at radius 2 is 2.00 bits per heavy atom. The molecule has 0 saturated heterocycles. The SMILES string of the molecule is CC(c1cccc(C(F)(F)F)c1)c1ncc(C(=O)O)nn1. The molecule has 21 heavy (non-hydrogen) atoms. The van der Waals surface area contributed by atoms with Gasteiger partial charge in [0.05, 0.1) is 11.8 Å². The third-order valence-corrected chi connectivity index (χ3v) is 2.90. The molecule has 1 heterocycles. The number of halogens is 3. The van der Waals surface area contributed by atoms with Crippen molar-refractivity contribution in [3.8, 4) is 0 Å². The first-order valence-electron chi connectivity index (χ1n) is 5.89. The normalized spacial score (nSPS) is 13.0. The lowest BCUT2D eigenvalue weighted by molar-refractivity contribution is -0.137. The number of hydrogen-bond acceptors (Lipinski definition) is 4. The molecule has 0 fully saturated rings. The lowest BCUT2D eigenvalue weighted by atomic mass is 9.98. The fourth-order valence-electron chi connectivity index (χ4n) is 1.71. The molecule has 0 aliphatic carbocycles. The Labute approximate surface area is 117 Å². The predicted octanol–water partition coefficient (Wildman–Crippen LogP) is 2.74. The van der Waals surface area contributed by atoms with Crippen LogP contribution in [0.15, 0.2) is 30.5 Å².